The Morgan fingerprint density at radius 1 is 1.08 bits per heavy atom. The summed E-state index contributed by atoms with van der Waals surface area (Å²) >= 11 is 1.46. The number of thiazole rings is 1. The first-order valence-electron chi connectivity index (χ1n) is 7.40. The SMILES string of the molecule is C=C(c1ccc(F)cc1)c1sc(Nc2ccc(F)c(C)c2)nc1C. The third kappa shape index (κ3) is 3.36. The highest BCUT2D eigenvalue weighted by molar-refractivity contribution is 7.16. The van der Waals surface area contributed by atoms with E-state index >= 15 is 0 Å². The lowest BCUT2D eigenvalue weighted by molar-refractivity contribution is 0.619. The monoisotopic (exact) mass is 342 g/mol. The first-order valence-corrected chi connectivity index (χ1v) is 8.21. The Balaban J connectivity index is 1.85. The molecule has 0 spiro atoms. The van der Waals surface area contributed by atoms with Gasteiger partial charge in [-0.15, -0.1) is 0 Å². The molecule has 0 unspecified atom stereocenters. The highest BCUT2D eigenvalue weighted by atomic mass is 32.1. The molecule has 0 bridgehead atoms. The van der Waals surface area contributed by atoms with Crippen LogP contribution in [-0.4, -0.2) is 4.98 Å². The first-order chi connectivity index (χ1) is 11.4. The van der Waals surface area contributed by atoms with Crippen LogP contribution in [0.15, 0.2) is 49.0 Å². The number of hydrogen-bond donors (Lipinski definition) is 1. The molecule has 1 N–H and O–H groups in total. The summed E-state index contributed by atoms with van der Waals surface area (Å²) in [5.41, 5.74) is 3.85. The van der Waals surface area contributed by atoms with Gasteiger partial charge in [0.15, 0.2) is 5.13 Å². The summed E-state index contributed by atoms with van der Waals surface area (Å²) < 4.78 is 26.4. The van der Waals surface area contributed by atoms with Gasteiger partial charge in [-0.3, -0.25) is 0 Å². The summed E-state index contributed by atoms with van der Waals surface area (Å²) in [6, 6.07) is 11.1. The molecule has 0 saturated carbocycles. The Morgan fingerprint density at radius 3 is 2.46 bits per heavy atom. The minimum absolute atomic E-state index is 0.235. The van der Waals surface area contributed by atoms with E-state index in [1.807, 2.05) is 6.92 Å². The molecule has 1 heterocycles. The molecule has 0 amide bonds. The molecule has 24 heavy (non-hydrogen) atoms. The lowest BCUT2D eigenvalue weighted by atomic mass is 10.1. The summed E-state index contributed by atoms with van der Waals surface area (Å²) in [5, 5.41) is 3.89. The van der Waals surface area contributed by atoms with Gasteiger partial charge in [0.2, 0.25) is 0 Å². The van der Waals surface area contributed by atoms with Crippen LogP contribution < -0.4 is 5.32 Å². The van der Waals surface area contributed by atoms with Gasteiger partial charge in [0.25, 0.3) is 0 Å². The van der Waals surface area contributed by atoms with E-state index in [1.54, 1.807) is 31.2 Å². The maximum atomic E-state index is 13.3. The molecule has 0 atom stereocenters. The van der Waals surface area contributed by atoms with E-state index in [0.717, 1.165) is 27.4 Å². The fourth-order valence-electron chi connectivity index (χ4n) is 2.36. The highest BCUT2D eigenvalue weighted by Gasteiger charge is 2.13. The first kappa shape index (κ1) is 16.3. The van der Waals surface area contributed by atoms with Gasteiger partial charge >= 0.3 is 0 Å². The molecule has 122 valence electrons. The number of aryl methyl sites for hydroxylation is 2. The number of hydrogen-bond acceptors (Lipinski definition) is 3. The zero-order valence-corrected chi connectivity index (χ0v) is 14.2. The molecule has 0 saturated heterocycles. The number of halogens is 2. The van der Waals surface area contributed by atoms with Crippen molar-refractivity contribution in [3.8, 4) is 0 Å². The third-order valence-corrected chi connectivity index (χ3v) is 4.81. The van der Waals surface area contributed by atoms with Crippen LogP contribution in [0.5, 0.6) is 0 Å². The fourth-order valence-corrected chi connectivity index (χ4v) is 3.34. The van der Waals surface area contributed by atoms with E-state index in [4.69, 9.17) is 0 Å². The number of anilines is 2. The Bertz CT molecular complexity index is 898. The van der Waals surface area contributed by atoms with Gasteiger partial charge in [-0.05, 0) is 60.9 Å². The minimum atomic E-state index is -0.276. The van der Waals surface area contributed by atoms with Crippen LogP contribution in [0.3, 0.4) is 0 Å². The third-order valence-electron chi connectivity index (χ3n) is 3.67. The average molecular weight is 342 g/mol. The van der Waals surface area contributed by atoms with Crippen molar-refractivity contribution in [1.82, 2.24) is 4.98 Å². The molecule has 5 heteroatoms. The summed E-state index contributed by atoms with van der Waals surface area (Å²) in [6.07, 6.45) is 0. The number of aromatic nitrogens is 1. The highest BCUT2D eigenvalue weighted by Crippen LogP contribution is 2.33. The molecule has 0 radical (unpaired) electrons. The van der Waals surface area contributed by atoms with Crippen LogP contribution >= 0.6 is 11.3 Å². The van der Waals surface area contributed by atoms with Gasteiger partial charge in [0.1, 0.15) is 11.6 Å². The van der Waals surface area contributed by atoms with Gasteiger partial charge in [-0.25, -0.2) is 13.8 Å². The van der Waals surface area contributed by atoms with Crippen molar-refractivity contribution in [2.75, 3.05) is 5.32 Å². The number of benzene rings is 2. The van der Waals surface area contributed by atoms with Crippen molar-refractivity contribution in [2.45, 2.75) is 13.8 Å². The molecule has 0 fully saturated rings. The topological polar surface area (TPSA) is 24.9 Å². The van der Waals surface area contributed by atoms with Crippen LogP contribution in [-0.2, 0) is 0 Å². The standard InChI is InChI=1S/C19H16F2N2S/c1-11-10-16(8-9-17(11)21)23-19-22-13(3)18(24-19)12(2)14-4-6-15(20)7-5-14/h4-10H,2H2,1,3H3,(H,22,23). The van der Waals surface area contributed by atoms with E-state index in [2.05, 4.69) is 16.9 Å². The van der Waals surface area contributed by atoms with Gasteiger partial charge in [0, 0.05) is 5.69 Å². The fraction of sp³-hybridized carbons (Fsp3) is 0.105. The molecule has 0 aliphatic heterocycles. The Labute approximate surface area is 143 Å². The van der Waals surface area contributed by atoms with E-state index < -0.39 is 0 Å². The molecule has 2 nitrogen and oxygen atoms in total. The molecule has 0 aliphatic rings. The summed E-state index contributed by atoms with van der Waals surface area (Å²) in [5.74, 6) is -0.511. The molecule has 3 rings (SSSR count). The minimum Gasteiger partial charge on any atom is -0.332 e. The van der Waals surface area contributed by atoms with Crippen LogP contribution in [0, 0.1) is 25.5 Å². The average Bonchev–Trinajstić information content (AvgIpc) is 2.91. The van der Waals surface area contributed by atoms with E-state index in [-0.39, 0.29) is 11.6 Å². The lowest BCUT2D eigenvalue weighted by Gasteiger charge is -2.05. The maximum Gasteiger partial charge on any atom is 0.187 e. The van der Waals surface area contributed by atoms with Crippen molar-refractivity contribution >= 4 is 27.7 Å². The number of rotatable bonds is 4. The second-order valence-corrected chi connectivity index (χ2v) is 6.51. The van der Waals surface area contributed by atoms with Gasteiger partial charge < -0.3 is 5.32 Å². The molecule has 1 aromatic heterocycles. The van der Waals surface area contributed by atoms with Crippen molar-refractivity contribution in [2.24, 2.45) is 0 Å². The summed E-state index contributed by atoms with van der Waals surface area (Å²) in [4.78, 5) is 5.43. The molecule has 3 aromatic rings. The van der Waals surface area contributed by atoms with Crippen LogP contribution in [0.4, 0.5) is 19.6 Å². The molecular formula is C19H16F2N2S. The second kappa shape index (κ2) is 6.53. The Hall–Kier alpha value is -2.53. The normalized spacial score (nSPS) is 10.7. The van der Waals surface area contributed by atoms with Crippen molar-refractivity contribution in [3.05, 3.63) is 82.4 Å². The van der Waals surface area contributed by atoms with E-state index in [1.165, 1.54) is 29.5 Å². The summed E-state index contributed by atoms with van der Waals surface area (Å²) in [6.45, 7) is 7.72. The smallest absolute Gasteiger partial charge is 0.187 e. The van der Waals surface area contributed by atoms with Crippen molar-refractivity contribution in [1.29, 1.82) is 0 Å². The van der Waals surface area contributed by atoms with Gasteiger partial charge in [-0.1, -0.05) is 30.0 Å². The maximum absolute atomic E-state index is 13.3. The Morgan fingerprint density at radius 2 is 1.79 bits per heavy atom. The van der Waals surface area contributed by atoms with Crippen molar-refractivity contribution in [3.63, 3.8) is 0 Å². The Kier molecular flexibility index (Phi) is 4.44. The van der Waals surface area contributed by atoms with Crippen LogP contribution in [0.2, 0.25) is 0 Å². The zero-order chi connectivity index (χ0) is 17.3. The van der Waals surface area contributed by atoms with Crippen molar-refractivity contribution < 1.29 is 8.78 Å². The second-order valence-electron chi connectivity index (χ2n) is 5.51. The molecule has 0 aliphatic carbocycles. The summed E-state index contributed by atoms with van der Waals surface area (Å²) in [7, 11) is 0. The molecule has 2 aromatic carbocycles. The molecular weight excluding hydrogens is 326 g/mol. The number of nitrogens with zero attached hydrogens (tertiary/aromatic N) is 1. The number of nitrogens with one attached hydrogen (secondary N) is 1. The van der Waals surface area contributed by atoms with Crippen LogP contribution in [0.25, 0.3) is 5.57 Å². The predicted octanol–water partition coefficient (Wildman–Crippen LogP) is 5.84. The van der Waals surface area contributed by atoms with Crippen LogP contribution in [0.1, 0.15) is 21.7 Å². The quantitative estimate of drug-likeness (QED) is 0.644. The van der Waals surface area contributed by atoms with E-state index in [9.17, 15) is 8.78 Å². The van der Waals surface area contributed by atoms with Gasteiger partial charge in [0.05, 0.1) is 10.6 Å². The predicted molar refractivity (Wildman–Crippen MR) is 95.8 cm³/mol. The largest absolute Gasteiger partial charge is 0.332 e. The lowest BCUT2D eigenvalue weighted by Crippen LogP contribution is -1.91. The van der Waals surface area contributed by atoms with E-state index in [0.29, 0.717) is 10.7 Å². The zero-order valence-electron chi connectivity index (χ0n) is 13.4. The van der Waals surface area contributed by atoms with Gasteiger partial charge in [-0.2, -0.15) is 0 Å².